The molecule has 2 unspecified atom stereocenters. The number of nitrogens with two attached hydrogens (primary N) is 1. The van der Waals surface area contributed by atoms with Crippen LogP contribution in [-0.4, -0.2) is 151 Å². The van der Waals surface area contributed by atoms with Gasteiger partial charge >= 0.3 is 11.9 Å². The number of nitrogens with zero attached hydrogens (tertiary/aromatic N) is 2. The fourth-order valence-corrected chi connectivity index (χ4v) is 19.9. The molecule has 19 atom stereocenters. The Morgan fingerprint density at radius 1 is 0.392 bits per heavy atom. The number of hydrogen-bond donors (Lipinski definition) is 7. The first-order valence-corrected chi connectivity index (χ1v) is 49.9. The molecule has 0 saturated carbocycles. The van der Waals surface area contributed by atoms with E-state index in [0.29, 0.717) is 68.2 Å². The lowest BCUT2D eigenvalue weighted by Crippen LogP contribution is -2.55. The predicted molar refractivity (Wildman–Crippen MR) is 548 cm³/mol. The Bertz CT molecular complexity index is 6430. The summed E-state index contributed by atoms with van der Waals surface area (Å²) >= 11 is 1.44. The molecule has 25 heteroatoms. The number of furan rings is 2. The van der Waals surface area contributed by atoms with Gasteiger partial charge < -0.3 is 92.6 Å². The highest BCUT2D eigenvalue weighted by Gasteiger charge is 2.50. The van der Waals surface area contributed by atoms with E-state index < -0.39 is 55.3 Å². The van der Waals surface area contributed by atoms with E-state index in [-0.39, 0.29) is 104 Å². The third kappa shape index (κ3) is 27.4. The van der Waals surface area contributed by atoms with Crippen LogP contribution in [0.3, 0.4) is 0 Å². The molecule has 7 heterocycles. The zero-order valence-electron chi connectivity index (χ0n) is 81.2. The molecule has 746 valence electrons. The smallest absolute Gasteiger partial charge is 0.338 e. The molecule has 0 radical (unpaired) electrons. The molecule has 0 spiro atoms. The molecule has 24 nitrogen and oxygen atoms in total. The molecule has 0 amide bonds. The van der Waals surface area contributed by atoms with E-state index in [1.165, 1.54) is 17.6 Å². The second-order valence-electron chi connectivity index (χ2n) is 36.4. The number of aliphatic hydroxyl groups excluding tert-OH is 5. The molecule has 19 rings (SSSR count). The monoisotopic (exact) mass is 1950 g/mol. The van der Waals surface area contributed by atoms with Gasteiger partial charge in [0.15, 0.2) is 22.6 Å². The Morgan fingerprint density at radius 2 is 0.769 bits per heavy atom. The number of carbonyl (C=O) groups is 3. The van der Waals surface area contributed by atoms with E-state index in [4.69, 9.17) is 61.9 Å². The number of carboxylic acid groups (broad SMARTS) is 1. The van der Waals surface area contributed by atoms with Gasteiger partial charge in [-0.3, -0.25) is 9.59 Å². The van der Waals surface area contributed by atoms with Crippen molar-refractivity contribution in [1.82, 2.24) is 10.2 Å². The highest BCUT2D eigenvalue weighted by atomic mass is 32.1. The maximum absolute atomic E-state index is 12.5. The van der Waals surface area contributed by atoms with Gasteiger partial charge in [0.25, 0.3) is 0 Å². The molecule has 0 bridgehead atoms. The van der Waals surface area contributed by atoms with Crippen LogP contribution < -0.4 is 5.73 Å². The van der Waals surface area contributed by atoms with Crippen LogP contribution in [0.2, 0.25) is 0 Å². The summed E-state index contributed by atoms with van der Waals surface area (Å²) in [5, 5.41) is 76.3. The molecule has 4 aliphatic heterocycles. The molecule has 3 aromatic heterocycles. The van der Waals surface area contributed by atoms with E-state index in [9.17, 15) is 45.0 Å². The van der Waals surface area contributed by atoms with E-state index in [2.05, 4.69) is 124 Å². The Labute approximate surface area is 838 Å². The van der Waals surface area contributed by atoms with Crippen molar-refractivity contribution in [3.05, 3.63) is 406 Å². The van der Waals surface area contributed by atoms with Crippen LogP contribution in [0, 0.1) is 17.8 Å². The van der Waals surface area contributed by atoms with Gasteiger partial charge in [0.05, 0.1) is 103 Å². The van der Waals surface area contributed by atoms with Crippen LogP contribution in [0.1, 0.15) is 161 Å². The van der Waals surface area contributed by atoms with Gasteiger partial charge in [-0.1, -0.05) is 326 Å². The van der Waals surface area contributed by atoms with Crippen LogP contribution in [-0.2, 0) is 116 Å². The van der Waals surface area contributed by atoms with Crippen LogP contribution >= 0.6 is 11.3 Å². The quantitative estimate of drug-likeness (QED) is 0.0148. The number of aliphatic hydroxyl groups is 5. The van der Waals surface area contributed by atoms with Gasteiger partial charge in [0, 0.05) is 24.2 Å². The standard InChI is InChI=1S/C34H36O5.C33H36O4.C23H22N2O6S.C22H26O4.C6H7NO2/c1-3-30-23(2)32(37-21-24-12-6-4-7-13-24)34(38-22-25-14-8-5-9-15-25)33(39-30)28-18-26-16-10-11-17-29(26)27(19-28)20-31(35)36;1-3-30-23(2)31(35-21-24-12-6-4-7-13-24)33(36-22-25-14-8-5-9-15-25)32(37-30)27-18-26-16-10-11-17-29(26)28(19-27)20-34;26-11-17-19(27)20(28)21(29)22(31-17)14-8-12-4-1-2-5-15(12)13(9-14)10-18-24-25-23(32-18)16-6-3-7-30-16;1-3-19-16(2)20(24-14-17-10-6-4-7-11-17)21(22(23)26-19)25-15-18-12-8-5-9-13-18;7-4-5(8)6-2-1-3-9-6/h4-19,23,30,32-34H,3,20-22H2,1-2H3,(H,35,36);4-19,23,30-34H,3,20-22H2,1-2H3;1-9,17,19-22,26-29H,10-11H2;4-13,16,19-21H,3,14-15H2,1-2H3;1-3H,4,7H2/t23-,30-,32+,33?,34-;23-,30-,31+,32?,33-;17-,19-,20+,21-,22+;16-,19-,20+,21-;/m1111./s1. The molecule has 0 aliphatic carbocycles. The van der Waals surface area contributed by atoms with Crippen LogP contribution in [0.4, 0.5) is 0 Å². The molecule has 4 aliphatic rings. The van der Waals surface area contributed by atoms with E-state index in [1.807, 2.05) is 225 Å². The highest BCUT2D eigenvalue weighted by Crippen LogP contribution is 2.46. The third-order valence-corrected chi connectivity index (χ3v) is 27.7. The van der Waals surface area contributed by atoms with E-state index in [0.717, 1.165) is 118 Å². The number of fused-ring (bicyclic) bond motifs is 3. The maximum Gasteiger partial charge on any atom is 0.338 e. The second-order valence-corrected chi connectivity index (χ2v) is 37.5. The molecule has 15 aromatic rings. The molecular weight excluding hydrogens is 1830 g/mol. The van der Waals surface area contributed by atoms with Gasteiger partial charge in [-0.05, 0) is 161 Å². The predicted octanol–water partition coefficient (Wildman–Crippen LogP) is 20.7. The van der Waals surface area contributed by atoms with E-state index >= 15 is 0 Å². The average molecular weight is 1960 g/mol. The van der Waals surface area contributed by atoms with E-state index in [1.54, 1.807) is 24.5 Å². The summed E-state index contributed by atoms with van der Waals surface area (Å²) in [4.78, 5) is 34.9. The Balaban J connectivity index is 0.000000140. The molecule has 4 saturated heterocycles. The normalized spacial score (nSPS) is 23.5. The van der Waals surface area contributed by atoms with Crippen molar-refractivity contribution < 1.29 is 101 Å². The average Bonchev–Trinajstić information content (AvgIpc) is 1.21. The third-order valence-electron chi connectivity index (χ3n) is 26.7. The number of cyclic esters (lactones) is 1. The summed E-state index contributed by atoms with van der Waals surface area (Å²) < 4.78 is 73.8. The number of ketones is 1. The highest BCUT2D eigenvalue weighted by molar-refractivity contribution is 7.14. The fraction of sp³-hybridized carbons (Fsp3) is 0.331. The largest absolute Gasteiger partial charge is 0.481 e. The molecular formula is C118H127N3O21S. The number of rotatable bonds is 33. The van der Waals surface area contributed by atoms with Gasteiger partial charge in [-0.25, -0.2) is 4.79 Å². The lowest BCUT2D eigenvalue weighted by Gasteiger charge is -2.46. The van der Waals surface area contributed by atoms with Crippen LogP contribution in [0.25, 0.3) is 43.1 Å². The zero-order valence-corrected chi connectivity index (χ0v) is 82.0. The fourth-order valence-electron chi connectivity index (χ4n) is 19.1. The van der Waals surface area contributed by atoms with Crippen molar-refractivity contribution >= 4 is 61.4 Å². The minimum Gasteiger partial charge on any atom is -0.481 e. The number of esters is 1. The summed E-state index contributed by atoms with van der Waals surface area (Å²) in [5.41, 5.74) is 16.8. The summed E-state index contributed by atoms with van der Waals surface area (Å²) in [7, 11) is 0. The first-order valence-electron chi connectivity index (χ1n) is 49.0. The summed E-state index contributed by atoms with van der Waals surface area (Å²) in [6, 6.07) is 104. The van der Waals surface area contributed by atoms with Crippen molar-refractivity contribution in [1.29, 1.82) is 0 Å². The van der Waals surface area contributed by atoms with Crippen molar-refractivity contribution in [2.45, 2.75) is 218 Å². The molecule has 8 N–H and O–H groups in total. The van der Waals surface area contributed by atoms with Gasteiger partial charge in [0.1, 0.15) is 72.2 Å². The topological polar surface area (TPSA) is 343 Å². The van der Waals surface area contributed by atoms with Crippen molar-refractivity contribution in [2.24, 2.45) is 23.5 Å². The molecule has 143 heavy (non-hydrogen) atoms. The van der Waals surface area contributed by atoms with Gasteiger partial charge in [0.2, 0.25) is 5.78 Å². The zero-order chi connectivity index (χ0) is 100. The first kappa shape index (κ1) is 105. The Morgan fingerprint density at radius 3 is 1.18 bits per heavy atom. The number of benzene rings is 12. The Hall–Kier alpha value is -12.5. The van der Waals surface area contributed by atoms with Crippen molar-refractivity contribution in [2.75, 3.05) is 13.2 Å². The lowest BCUT2D eigenvalue weighted by atomic mass is 9.83. The first-order chi connectivity index (χ1) is 69.8. The maximum atomic E-state index is 12.5. The number of hydrogen-bond acceptors (Lipinski definition) is 24. The van der Waals surface area contributed by atoms with Crippen LogP contribution in [0.5, 0.6) is 0 Å². The number of carboxylic acids is 1. The second kappa shape index (κ2) is 52.2. The SMILES string of the molecule is CC[C@H]1OC(=O)[C@H](OCc2ccccc2)[C@@H](OCc2ccccc2)[C@@H]1C.CC[C@H]1OC(c2cc(CC(=O)O)c3ccccc3c2)[C@H](OCc2ccccc2)[C@@H](OCc2ccccc2)[C@@H]1C.CC[C@H]1OC(c2cc(CO)c3ccccc3c2)[C@H](OCc2ccccc2)[C@@H](OCc2ccccc2)[C@@H]1C.NCC(=O)c1ccco1.OC[C@H]1O[C@@H](c2cc(Cc3nnc(-c4ccco4)s3)c3ccccc3c2)[C@H](O)[C@@H](O)[C@@H]1O. The van der Waals surface area contributed by atoms with Crippen molar-refractivity contribution in [3.63, 3.8) is 0 Å². The number of carbonyl (C=O) groups excluding carboxylic acids is 2. The van der Waals surface area contributed by atoms with Gasteiger partial charge in [-0.15, -0.1) is 10.2 Å². The lowest BCUT2D eigenvalue weighted by molar-refractivity contribution is -0.234. The summed E-state index contributed by atoms with van der Waals surface area (Å²) in [6.07, 6.45) is -3.02. The summed E-state index contributed by atoms with van der Waals surface area (Å²) in [5.74, 6) is -0.0293. The minimum atomic E-state index is -1.43. The van der Waals surface area contributed by atoms with Crippen molar-refractivity contribution in [3.8, 4) is 10.8 Å². The minimum absolute atomic E-state index is 0.00745. The number of Topliss-reactive ketones (excluding diaryl/α,β-unsaturated/α-hetero) is 1. The number of ether oxygens (including phenoxy) is 10. The molecule has 12 aromatic carbocycles. The Kier molecular flexibility index (Phi) is 38.3. The molecule has 4 fully saturated rings. The number of aliphatic carboxylic acids is 1. The number of aromatic nitrogens is 2. The van der Waals surface area contributed by atoms with Crippen LogP contribution in [0.15, 0.2) is 337 Å². The van der Waals surface area contributed by atoms with Gasteiger partial charge in [-0.2, -0.15) is 0 Å². The summed E-state index contributed by atoms with van der Waals surface area (Å²) in [6.45, 7) is 15.0.